The molecular weight excluding hydrogens is 281 g/mol. The Morgan fingerprint density at radius 3 is 2.24 bits per heavy atom. The smallest absolute Gasteiger partial charge is 0.433 e. The number of alkyl halides is 3. The summed E-state index contributed by atoms with van der Waals surface area (Å²) in [6.07, 6.45) is -4.49. The lowest BCUT2D eigenvalue weighted by Gasteiger charge is -2.08. The predicted molar refractivity (Wildman–Crippen MR) is 71.1 cm³/mol. The summed E-state index contributed by atoms with van der Waals surface area (Å²) in [6.45, 7) is 0. The normalized spacial score (nSPS) is 11.6. The summed E-state index contributed by atoms with van der Waals surface area (Å²) in [7, 11) is 0. The number of para-hydroxylation sites is 1. The Morgan fingerprint density at radius 2 is 1.52 bits per heavy atom. The monoisotopic (exact) mass is 290 g/mol. The number of ether oxygens (including phenoxy) is 1. The van der Waals surface area contributed by atoms with Crippen LogP contribution in [0.2, 0.25) is 0 Å². The molecule has 2 heterocycles. The van der Waals surface area contributed by atoms with Crippen LogP contribution in [0.3, 0.4) is 0 Å². The van der Waals surface area contributed by atoms with Gasteiger partial charge in [-0.15, -0.1) is 0 Å². The number of aromatic nitrogens is 2. The van der Waals surface area contributed by atoms with Crippen LogP contribution in [0.5, 0.6) is 11.6 Å². The van der Waals surface area contributed by atoms with Crippen LogP contribution in [0.1, 0.15) is 5.69 Å². The number of hydrogen-bond donors (Lipinski definition) is 0. The molecule has 21 heavy (non-hydrogen) atoms. The maximum atomic E-state index is 12.6. The Hall–Kier alpha value is -2.63. The fourth-order valence-electron chi connectivity index (χ4n) is 1.81. The molecule has 106 valence electrons. The zero-order valence-electron chi connectivity index (χ0n) is 10.6. The van der Waals surface area contributed by atoms with Crippen LogP contribution in [0.25, 0.3) is 11.0 Å². The molecular formula is C15H9F3N2O. The Kier molecular flexibility index (Phi) is 3.21. The molecule has 3 aromatic rings. The first kappa shape index (κ1) is 13.4. The largest absolute Gasteiger partial charge is 0.439 e. The standard InChI is InChI=1S/C15H9F3N2O/c16-15(17,18)12-8-6-10-7-9-13(20-14(10)19-12)21-11-4-2-1-3-5-11/h1-9H. The zero-order chi connectivity index (χ0) is 14.9. The Balaban J connectivity index is 1.98. The second-order valence-corrected chi connectivity index (χ2v) is 4.31. The van der Waals surface area contributed by atoms with Crippen molar-refractivity contribution >= 4 is 11.0 Å². The first-order valence-electron chi connectivity index (χ1n) is 6.10. The van der Waals surface area contributed by atoms with Gasteiger partial charge in [-0.3, -0.25) is 0 Å². The van der Waals surface area contributed by atoms with Crippen molar-refractivity contribution < 1.29 is 17.9 Å². The minimum Gasteiger partial charge on any atom is -0.439 e. The summed E-state index contributed by atoms with van der Waals surface area (Å²) < 4.78 is 43.4. The molecule has 3 nitrogen and oxygen atoms in total. The highest BCUT2D eigenvalue weighted by molar-refractivity contribution is 5.75. The van der Waals surface area contributed by atoms with Crippen molar-refractivity contribution in [1.82, 2.24) is 9.97 Å². The summed E-state index contributed by atoms with van der Waals surface area (Å²) in [5, 5.41) is 0.517. The van der Waals surface area contributed by atoms with E-state index >= 15 is 0 Å². The Labute approximate surface area is 118 Å². The van der Waals surface area contributed by atoms with E-state index in [2.05, 4.69) is 9.97 Å². The molecule has 0 aliphatic rings. The fourth-order valence-corrected chi connectivity index (χ4v) is 1.81. The first-order valence-corrected chi connectivity index (χ1v) is 6.10. The highest BCUT2D eigenvalue weighted by Crippen LogP contribution is 2.29. The van der Waals surface area contributed by atoms with Gasteiger partial charge in [0.25, 0.3) is 0 Å². The van der Waals surface area contributed by atoms with Gasteiger partial charge in [-0.05, 0) is 30.3 Å². The van der Waals surface area contributed by atoms with Gasteiger partial charge >= 0.3 is 6.18 Å². The lowest BCUT2D eigenvalue weighted by atomic mass is 10.2. The molecule has 0 aliphatic heterocycles. The molecule has 0 bridgehead atoms. The van der Waals surface area contributed by atoms with Crippen molar-refractivity contribution in [3.05, 3.63) is 60.3 Å². The van der Waals surface area contributed by atoms with Gasteiger partial charge in [-0.1, -0.05) is 18.2 Å². The van der Waals surface area contributed by atoms with Gasteiger partial charge < -0.3 is 4.74 Å². The van der Waals surface area contributed by atoms with Crippen molar-refractivity contribution in [2.24, 2.45) is 0 Å². The Morgan fingerprint density at radius 1 is 0.810 bits per heavy atom. The van der Waals surface area contributed by atoms with Crippen molar-refractivity contribution in [3.63, 3.8) is 0 Å². The van der Waals surface area contributed by atoms with E-state index in [0.717, 1.165) is 6.07 Å². The molecule has 0 atom stereocenters. The minimum atomic E-state index is -4.49. The van der Waals surface area contributed by atoms with E-state index in [1.807, 2.05) is 6.07 Å². The summed E-state index contributed by atoms with van der Waals surface area (Å²) in [6, 6.07) is 14.3. The molecule has 0 spiro atoms. The van der Waals surface area contributed by atoms with E-state index in [1.165, 1.54) is 6.07 Å². The van der Waals surface area contributed by atoms with E-state index in [4.69, 9.17) is 4.74 Å². The highest BCUT2D eigenvalue weighted by Gasteiger charge is 2.32. The molecule has 2 aromatic heterocycles. The molecule has 0 aliphatic carbocycles. The molecule has 3 rings (SSSR count). The van der Waals surface area contributed by atoms with Crippen LogP contribution in [-0.2, 0) is 6.18 Å². The SMILES string of the molecule is FC(F)(F)c1ccc2ccc(Oc3ccccc3)nc2n1. The second kappa shape index (κ2) is 5.05. The van der Waals surface area contributed by atoms with Gasteiger partial charge in [0.2, 0.25) is 5.88 Å². The molecule has 1 aromatic carbocycles. The van der Waals surface area contributed by atoms with E-state index in [9.17, 15) is 13.2 Å². The molecule has 0 unspecified atom stereocenters. The van der Waals surface area contributed by atoms with Gasteiger partial charge in [0.15, 0.2) is 5.65 Å². The van der Waals surface area contributed by atoms with E-state index in [1.54, 1.807) is 36.4 Å². The van der Waals surface area contributed by atoms with E-state index < -0.39 is 11.9 Å². The zero-order valence-corrected chi connectivity index (χ0v) is 10.6. The topological polar surface area (TPSA) is 35.0 Å². The number of nitrogens with zero attached hydrogens (tertiary/aromatic N) is 2. The fraction of sp³-hybridized carbons (Fsp3) is 0.0667. The lowest BCUT2D eigenvalue weighted by molar-refractivity contribution is -0.141. The van der Waals surface area contributed by atoms with Gasteiger partial charge in [0, 0.05) is 11.5 Å². The van der Waals surface area contributed by atoms with Crippen molar-refractivity contribution in [2.45, 2.75) is 6.18 Å². The van der Waals surface area contributed by atoms with Crippen molar-refractivity contribution in [1.29, 1.82) is 0 Å². The summed E-state index contributed by atoms with van der Waals surface area (Å²) in [5.74, 6) is 0.747. The number of halogens is 3. The molecule has 0 saturated carbocycles. The van der Waals surface area contributed by atoms with E-state index in [0.29, 0.717) is 11.1 Å². The molecule has 6 heteroatoms. The third-order valence-electron chi connectivity index (χ3n) is 2.78. The van der Waals surface area contributed by atoms with Crippen LogP contribution >= 0.6 is 0 Å². The third-order valence-corrected chi connectivity index (χ3v) is 2.78. The quantitative estimate of drug-likeness (QED) is 0.699. The molecule has 0 N–H and O–H groups in total. The molecule has 0 fully saturated rings. The second-order valence-electron chi connectivity index (χ2n) is 4.31. The maximum absolute atomic E-state index is 12.6. The van der Waals surface area contributed by atoms with Crippen molar-refractivity contribution in [2.75, 3.05) is 0 Å². The first-order chi connectivity index (χ1) is 10.0. The summed E-state index contributed by atoms with van der Waals surface area (Å²) >= 11 is 0. The van der Waals surface area contributed by atoms with Crippen molar-refractivity contribution in [3.8, 4) is 11.6 Å². The van der Waals surface area contributed by atoms with Crippen LogP contribution in [0.15, 0.2) is 54.6 Å². The Bertz CT molecular complexity index is 773. The molecule has 0 amide bonds. The minimum absolute atomic E-state index is 0.00161. The van der Waals surface area contributed by atoms with Crippen LogP contribution < -0.4 is 4.74 Å². The molecule has 0 saturated heterocycles. The van der Waals surface area contributed by atoms with Gasteiger partial charge in [0.05, 0.1) is 0 Å². The number of fused-ring (bicyclic) bond motifs is 1. The summed E-state index contributed by atoms with van der Waals surface area (Å²) in [5.41, 5.74) is -0.974. The number of pyridine rings is 2. The highest BCUT2D eigenvalue weighted by atomic mass is 19.4. The average Bonchev–Trinajstić information content (AvgIpc) is 2.46. The molecule has 0 radical (unpaired) electrons. The van der Waals surface area contributed by atoms with E-state index in [-0.39, 0.29) is 11.5 Å². The lowest BCUT2D eigenvalue weighted by Crippen LogP contribution is -2.08. The number of rotatable bonds is 2. The predicted octanol–water partition coefficient (Wildman–Crippen LogP) is 4.44. The van der Waals surface area contributed by atoms with Crippen LogP contribution in [0, 0.1) is 0 Å². The average molecular weight is 290 g/mol. The van der Waals surface area contributed by atoms with Gasteiger partial charge in [0.1, 0.15) is 11.4 Å². The maximum Gasteiger partial charge on any atom is 0.433 e. The third kappa shape index (κ3) is 2.94. The van der Waals surface area contributed by atoms with Crippen LogP contribution in [0.4, 0.5) is 13.2 Å². The van der Waals surface area contributed by atoms with Gasteiger partial charge in [-0.25, -0.2) is 4.98 Å². The van der Waals surface area contributed by atoms with Crippen LogP contribution in [-0.4, -0.2) is 9.97 Å². The number of benzene rings is 1. The number of hydrogen-bond acceptors (Lipinski definition) is 3. The van der Waals surface area contributed by atoms with Gasteiger partial charge in [-0.2, -0.15) is 18.2 Å². The summed E-state index contributed by atoms with van der Waals surface area (Å²) in [4.78, 5) is 7.54.